The topological polar surface area (TPSA) is 61.9 Å². The van der Waals surface area contributed by atoms with Crippen LogP contribution in [-0.4, -0.2) is 40.5 Å². The van der Waals surface area contributed by atoms with E-state index in [0.29, 0.717) is 18.0 Å². The van der Waals surface area contributed by atoms with Crippen LogP contribution >= 0.6 is 0 Å². The molecule has 2 aromatic rings. The van der Waals surface area contributed by atoms with Gasteiger partial charge in [-0.25, -0.2) is 8.42 Å². The Hall–Kier alpha value is -2.25. The minimum absolute atomic E-state index is 0.310. The van der Waals surface area contributed by atoms with Gasteiger partial charge < -0.3 is 15.0 Å². The number of fused-ring (bicyclic) bond motifs is 1. The summed E-state index contributed by atoms with van der Waals surface area (Å²) < 4.78 is 32.4. The molecule has 0 radical (unpaired) electrons. The van der Waals surface area contributed by atoms with Crippen molar-refractivity contribution in [1.82, 2.24) is 5.32 Å². The third-order valence-corrected chi connectivity index (χ3v) is 5.97. The Morgan fingerprint density at radius 3 is 2.44 bits per heavy atom. The molecule has 7 heteroatoms. The molecule has 2 aliphatic rings. The maximum Gasteiger partial charge on any atom is 0.271 e. The van der Waals surface area contributed by atoms with Crippen molar-refractivity contribution in [3.8, 4) is 5.75 Å². The molecule has 0 amide bonds. The summed E-state index contributed by atoms with van der Waals surface area (Å²) in [6.07, 6.45) is 0. The van der Waals surface area contributed by atoms with Gasteiger partial charge in [-0.2, -0.15) is 0 Å². The predicted molar refractivity (Wildman–Crippen MR) is 98.6 cm³/mol. The normalized spacial score (nSPS) is 19.2. The Morgan fingerprint density at radius 2 is 1.68 bits per heavy atom. The maximum atomic E-state index is 12.6. The highest BCUT2D eigenvalue weighted by Gasteiger charge is 2.33. The van der Waals surface area contributed by atoms with Gasteiger partial charge in [0.15, 0.2) is 5.75 Å². The lowest BCUT2D eigenvalue weighted by molar-refractivity contribution is 0.367. The van der Waals surface area contributed by atoms with Crippen LogP contribution in [0.3, 0.4) is 0 Å². The van der Waals surface area contributed by atoms with Gasteiger partial charge in [0.05, 0.1) is 17.9 Å². The molecular formula is C18H21N3O3S. The fourth-order valence-electron chi connectivity index (χ4n) is 3.29. The van der Waals surface area contributed by atoms with Crippen LogP contribution in [0, 0.1) is 0 Å². The van der Waals surface area contributed by atoms with Gasteiger partial charge in [0.2, 0.25) is 5.94 Å². The highest BCUT2D eigenvalue weighted by Crippen LogP contribution is 2.43. The number of hydrogen-bond acceptors (Lipinski definition) is 5. The molecule has 0 saturated carbocycles. The highest BCUT2D eigenvalue weighted by atomic mass is 32.2. The standard InChI is InChI=1S/C18H21N3O3S/c22-25(23)14-24-18-16(20-11-9-19-10-12-20)7-4-8-17(18)21(25)13-15-5-2-1-3-6-15/h1-8,19H,9-14H2. The number of sulfonamides is 1. The highest BCUT2D eigenvalue weighted by molar-refractivity contribution is 7.92. The first-order valence-corrected chi connectivity index (χ1v) is 10.0. The Kier molecular flexibility index (Phi) is 4.27. The zero-order chi connectivity index (χ0) is 17.3. The van der Waals surface area contributed by atoms with Crippen molar-refractivity contribution < 1.29 is 13.2 Å². The Balaban J connectivity index is 1.73. The molecule has 0 aliphatic carbocycles. The molecule has 2 aliphatic heterocycles. The van der Waals surface area contributed by atoms with Crippen molar-refractivity contribution in [2.24, 2.45) is 0 Å². The predicted octanol–water partition coefficient (Wildman–Crippen LogP) is 1.78. The van der Waals surface area contributed by atoms with Crippen molar-refractivity contribution >= 4 is 21.4 Å². The number of rotatable bonds is 3. The summed E-state index contributed by atoms with van der Waals surface area (Å²) in [4.78, 5) is 2.24. The van der Waals surface area contributed by atoms with Crippen LogP contribution in [0.5, 0.6) is 5.75 Å². The third kappa shape index (κ3) is 3.17. The molecule has 0 aromatic heterocycles. The number of piperazine rings is 1. The fraction of sp³-hybridized carbons (Fsp3) is 0.333. The first-order valence-electron chi connectivity index (χ1n) is 8.41. The quantitative estimate of drug-likeness (QED) is 0.905. The average molecular weight is 359 g/mol. The van der Waals surface area contributed by atoms with E-state index in [1.54, 1.807) is 0 Å². The van der Waals surface area contributed by atoms with Crippen LogP contribution in [0.25, 0.3) is 0 Å². The van der Waals surface area contributed by atoms with E-state index in [2.05, 4.69) is 10.2 Å². The summed E-state index contributed by atoms with van der Waals surface area (Å²) >= 11 is 0. The first kappa shape index (κ1) is 16.2. The minimum atomic E-state index is -3.50. The van der Waals surface area contributed by atoms with Crippen LogP contribution in [0.4, 0.5) is 11.4 Å². The summed E-state index contributed by atoms with van der Waals surface area (Å²) in [5.41, 5.74) is 2.53. The Bertz CT molecular complexity index is 849. The number of nitrogens with one attached hydrogen (secondary N) is 1. The molecule has 1 saturated heterocycles. The van der Waals surface area contributed by atoms with Gasteiger partial charge in [-0.15, -0.1) is 0 Å². The van der Waals surface area contributed by atoms with Gasteiger partial charge in [0.25, 0.3) is 10.0 Å². The van der Waals surface area contributed by atoms with E-state index >= 15 is 0 Å². The summed E-state index contributed by atoms with van der Waals surface area (Å²) in [6, 6.07) is 15.4. The first-order chi connectivity index (χ1) is 12.1. The van der Waals surface area contributed by atoms with Gasteiger partial charge in [-0.05, 0) is 17.7 Å². The van der Waals surface area contributed by atoms with Gasteiger partial charge in [0.1, 0.15) is 0 Å². The van der Waals surface area contributed by atoms with Crippen molar-refractivity contribution in [3.63, 3.8) is 0 Å². The molecule has 0 unspecified atom stereocenters. The van der Waals surface area contributed by atoms with E-state index < -0.39 is 10.0 Å². The van der Waals surface area contributed by atoms with Gasteiger partial charge in [-0.3, -0.25) is 4.31 Å². The van der Waals surface area contributed by atoms with E-state index in [4.69, 9.17) is 4.74 Å². The lowest BCUT2D eigenvalue weighted by Gasteiger charge is -2.36. The molecule has 0 spiro atoms. The third-order valence-electron chi connectivity index (χ3n) is 4.56. The van der Waals surface area contributed by atoms with Crippen LogP contribution in [0.1, 0.15) is 5.56 Å². The summed E-state index contributed by atoms with van der Waals surface area (Å²) in [5, 5.41) is 3.33. The fourth-order valence-corrected chi connectivity index (χ4v) is 4.47. The number of ether oxygens (including phenoxy) is 1. The zero-order valence-electron chi connectivity index (χ0n) is 13.9. The lowest BCUT2D eigenvalue weighted by Crippen LogP contribution is -2.44. The number of anilines is 2. The van der Waals surface area contributed by atoms with Crippen molar-refractivity contribution in [2.75, 3.05) is 41.3 Å². The Morgan fingerprint density at radius 1 is 0.960 bits per heavy atom. The summed E-state index contributed by atoms with van der Waals surface area (Å²) in [7, 11) is -3.50. The molecule has 4 rings (SSSR count). The number of para-hydroxylation sites is 1. The summed E-state index contributed by atoms with van der Waals surface area (Å²) in [5.74, 6) is 0.339. The monoisotopic (exact) mass is 359 g/mol. The van der Waals surface area contributed by atoms with Gasteiger partial charge in [-0.1, -0.05) is 36.4 Å². The average Bonchev–Trinajstić information content (AvgIpc) is 2.65. The SMILES string of the molecule is O=S1(=O)COc2c(N3CCNCC3)cccc2N1Cc1ccccc1. The van der Waals surface area contributed by atoms with Crippen LogP contribution in [0.15, 0.2) is 48.5 Å². The zero-order valence-corrected chi connectivity index (χ0v) is 14.7. The Labute approximate surface area is 148 Å². The number of benzene rings is 2. The number of hydrogen-bond donors (Lipinski definition) is 1. The van der Waals surface area contributed by atoms with Crippen LogP contribution in [0.2, 0.25) is 0 Å². The molecule has 1 N–H and O–H groups in total. The molecule has 2 aromatic carbocycles. The smallest absolute Gasteiger partial charge is 0.271 e. The van der Waals surface area contributed by atoms with Gasteiger partial charge >= 0.3 is 0 Å². The van der Waals surface area contributed by atoms with E-state index in [1.807, 2.05) is 48.5 Å². The second-order valence-corrected chi connectivity index (χ2v) is 8.07. The van der Waals surface area contributed by atoms with Crippen molar-refractivity contribution in [2.45, 2.75) is 6.54 Å². The van der Waals surface area contributed by atoms with Crippen molar-refractivity contribution in [1.29, 1.82) is 0 Å². The van der Waals surface area contributed by atoms with E-state index in [-0.39, 0.29) is 5.94 Å². The van der Waals surface area contributed by atoms with Crippen LogP contribution in [-0.2, 0) is 16.6 Å². The molecular weight excluding hydrogens is 338 g/mol. The van der Waals surface area contributed by atoms with E-state index in [0.717, 1.165) is 37.4 Å². The second kappa shape index (κ2) is 6.57. The lowest BCUT2D eigenvalue weighted by atomic mass is 10.2. The van der Waals surface area contributed by atoms with Gasteiger partial charge in [0, 0.05) is 26.2 Å². The minimum Gasteiger partial charge on any atom is -0.471 e. The van der Waals surface area contributed by atoms with E-state index in [1.165, 1.54) is 4.31 Å². The molecule has 0 bridgehead atoms. The largest absolute Gasteiger partial charge is 0.471 e. The molecule has 25 heavy (non-hydrogen) atoms. The number of nitrogens with zero attached hydrogens (tertiary/aromatic N) is 2. The summed E-state index contributed by atoms with van der Waals surface area (Å²) in [6.45, 7) is 3.90. The van der Waals surface area contributed by atoms with E-state index in [9.17, 15) is 8.42 Å². The van der Waals surface area contributed by atoms with Crippen LogP contribution < -0.4 is 19.3 Å². The second-order valence-electron chi connectivity index (χ2n) is 6.23. The maximum absolute atomic E-state index is 12.6. The molecule has 132 valence electrons. The molecule has 1 fully saturated rings. The molecule has 0 atom stereocenters. The molecule has 6 nitrogen and oxygen atoms in total. The van der Waals surface area contributed by atoms with Crippen molar-refractivity contribution in [3.05, 3.63) is 54.1 Å². The molecule has 2 heterocycles.